The number of nitrogens with zero attached hydrogens (tertiary/aromatic N) is 4. The Balaban J connectivity index is 0.00000242. The summed E-state index contributed by atoms with van der Waals surface area (Å²) >= 11 is 1.91. The van der Waals surface area contributed by atoms with Gasteiger partial charge < -0.3 is 10.2 Å². The van der Waals surface area contributed by atoms with Crippen molar-refractivity contribution in [3.05, 3.63) is 12.2 Å². The number of likely N-dealkylation sites (tertiary alicyclic amines) is 1. The average molecular weight is 438 g/mol. The predicted molar refractivity (Wildman–Crippen MR) is 104 cm³/mol. The molecule has 1 aliphatic heterocycles. The highest BCUT2D eigenvalue weighted by Crippen LogP contribution is 2.24. The molecule has 0 amide bonds. The molecule has 8 heteroatoms. The van der Waals surface area contributed by atoms with Crippen LogP contribution in [0.15, 0.2) is 11.3 Å². The summed E-state index contributed by atoms with van der Waals surface area (Å²) in [5.41, 5.74) is 0. The Morgan fingerprint density at radius 2 is 2.23 bits per heavy atom. The Morgan fingerprint density at radius 3 is 2.82 bits per heavy atom. The number of guanidine groups is 1. The zero-order valence-electron chi connectivity index (χ0n) is 13.4. The molecule has 1 aromatic heterocycles. The van der Waals surface area contributed by atoms with Gasteiger partial charge in [-0.2, -0.15) is 16.9 Å². The third-order valence-corrected chi connectivity index (χ3v) is 4.58. The van der Waals surface area contributed by atoms with Gasteiger partial charge in [0.05, 0.1) is 0 Å². The first kappa shape index (κ1) is 19.5. The van der Waals surface area contributed by atoms with Crippen molar-refractivity contribution < 1.29 is 0 Å². The highest BCUT2D eigenvalue weighted by molar-refractivity contribution is 14.0. The molecule has 1 aliphatic rings. The van der Waals surface area contributed by atoms with Gasteiger partial charge in [0.25, 0.3) is 0 Å². The molecule has 0 unspecified atom stereocenters. The maximum atomic E-state index is 4.41. The maximum Gasteiger partial charge on any atom is 0.193 e. The van der Waals surface area contributed by atoms with E-state index in [1.165, 1.54) is 18.6 Å². The molecule has 0 aliphatic carbocycles. The lowest BCUT2D eigenvalue weighted by molar-refractivity contribution is 0.299. The van der Waals surface area contributed by atoms with Crippen LogP contribution in [0.25, 0.3) is 0 Å². The normalized spacial score (nSPS) is 16.5. The summed E-state index contributed by atoms with van der Waals surface area (Å²) in [4.78, 5) is 11.0. The van der Waals surface area contributed by atoms with Gasteiger partial charge in [-0.05, 0) is 37.7 Å². The standard InChI is InChI=1S/C14H26N6S.HI/c1-15-14(16-7-3-4-10-21-2)20-8-5-12(6-9-20)13-17-11-18-19-13;/h11-12H,3-10H2,1-2H3,(H,15,16)(H,17,18,19);1H. The van der Waals surface area contributed by atoms with Gasteiger partial charge in [0.15, 0.2) is 5.96 Å². The second-order valence-corrected chi connectivity index (χ2v) is 6.29. The van der Waals surface area contributed by atoms with Crippen LogP contribution in [-0.4, -0.2) is 64.7 Å². The van der Waals surface area contributed by atoms with Crippen LogP contribution in [0, 0.1) is 0 Å². The van der Waals surface area contributed by atoms with Gasteiger partial charge in [-0.15, -0.1) is 24.0 Å². The van der Waals surface area contributed by atoms with E-state index in [1.54, 1.807) is 6.33 Å². The molecular weight excluding hydrogens is 411 g/mol. The lowest BCUT2D eigenvalue weighted by Crippen LogP contribution is -2.45. The van der Waals surface area contributed by atoms with E-state index in [0.29, 0.717) is 5.92 Å². The topological polar surface area (TPSA) is 69.2 Å². The van der Waals surface area contributed by atoms with Crippen molar-refractivity contribution in [1.29, 1.82) is 0 Å². The smallest absolute Gasteiger partial charge is 0.193 e. The molecule has 1 saturated heterocycles. The first-order valence-electron chi connectivity index (χ1n) is 7.65. The molecule has 6 nitrogen and oxygen atoms in total. The van der Waals surface area contributed by atoms with Crippen LogP contribution in [0.4, 0.5) is 0 Å². The number of aromatic nitrogens is 3. The Morgan fingerprint density at radius 1 is 1.45 bits per heavy atom. The Bertz CT molecular complexity index is 417. The highest BCUT2D eigenvalue weighted by Gasteiger charge is 2.24. The molecule has 1 aromatic rings. The molecule has 2 heterocycles. The number of halogens is 1. The number of unbranched alkanes of at least 4 members (excludes halogenated alkanes) is 1. The van der Waals surface area contributed by atoms with E-state index in [2.05, 4.69) is 36.6 Å². The number of nitrogens with one attached hydrogen (secondary N) is 2. The summed E-state index contributed by atoms with van der Waals surface area (Å²) in [5, 5.41) is 10.4. The zero-order valence-corrected chi connectivity index (χ0v) is 16.6. The van der Waals surface area contributed by atoms with E-state index in [4.69, 9.17) is 0 Å². The summed E-state index contributed by atoms with van der Waals surface area (Å²) in [6, 6.07) is 0. The van der Waals surface area contributed by atoms with Gasteiger partial charge in [-0.1, -0.05) is 0 Å². The lowest BCUT2D eigenvalue weighted by atomic mass is 9.96. The Labute approximate surface area is 154 Å². The van der Waals surface area contributed by atoms with E-state index >= 15 is 0 Å². The minimum atomic E-state index is 0. The minimum absolute atomic E-state index is 0. The molecular formula is C14H27IN6S. The SMILES string of the molecule is CN=C(NCCCCSC)N1CCC(c2ncn[nH]2)CC1.I. The molecule has 0 atom stereocenters. The third-order valence-electron chi connectivity index (χ3n) is 3.89. The van der Waals surface area contributed by atoms with Crippen LogP contribution in [0.2, 0.25) is 0 Å². The van der Waals surface area contributed by atoms with Crippen molar-refractivity contribution in [2.24, 2.45) is 4.99 Å². The quantitative estimate of drug-likeness (QED) is 0.309. The summed E-state index contributed by atoms with van der Waals surface area (Å²) < 4.78 is 0. The van der Waals surface area contributed by atoms with Crippen LogP contribution in [-0.2, 0) is 0 Å². The predicted octanol–water partition coefficient (Wildman–Crippen LogP) is 2.32. The average Bonchev–Trinajstić information content (AvgIpc) is 3.06. The van der Waals surface area contributed by atoms with Crippen LogP contribution in [0.1, 0.15) is 37.4 Å². The molecule has 22 heavy (non-hydrogen) atoms. The van der Waals surface area contributed by atoms with Gasteiger partial charge in [0.2, 0.25) is 0 Å². The van der Waals surface area contributed by atoms with Gasteiger partial charge in [-0.25, -0.2) is 4.98 Å². The van der Waals surface area contributed by atoms with Crippen LogP contribution >= 0.6 is 35.7 Å². The van der Waals surface area contributed by atoms with E-state index < -0.39 is 0 Å². The second-order valence-electron chi connectivity index (χ2n) is 5.31. The number of aliphatic imine (C=N–C) groups is 1. The first-order valence-corrected chi connectivity index (χ1v) is 9.04. The van der Waals surface area contributed by atoms with E-state index in [9.17, 15) is 0 Å². The molecule has 0 aromatic carbocycles. The van der Waals surface area contributed by atoms with Gasteiger partial charge in [0, 0.05) is 32.6 Å². The maximum absolute atomic E-state index is 4.41. The summed E-state index contributed by atoms with van der Waals surface area (Å²) in [5.74, 6) is 3.80. The summed E-state index contributed by atoms with van der Waals surface area (Å²) in [6.07, 6.45) is 8.42. The fraction of sp³-hybridized carbons (Fsp3) is 0.786. The molecule has 1 fully saturated rings. The number of hydrogen-bond donors (Lipinski definition) is 2. The second kappa shape index (κ2) is 11.1. The van der Waals surface area contributed by atoms with Crippen molar-refractivity contribution in [2.45, 2.75) is 31.6 Å². The Hall–Kier alpha value is -0.510. The summed E-state index contributed by atoms with van der Waals surface area (Å²) in [7, 11) is 1.87. The van der Waals surface area contributed by atoms with E-state index in [-0.39, 0.29) is 24.0 Å². The van der Waals surface area contributed by atoms with Gasteiger partial charge in [-0.3, -0.25) is 10.1 Å². The third kappa shape index (κ3) is 5.94. The molecule has 2 rings (SSSR count). The summed E-state index contributed by atoms with van der Waals surface area (Å²) in [6.45, 7) is 3.06. The molecule has 0 bridgehead atoms. The number of thioether (sulfide) groups is 1. The number of hydrogen-bond acceptors (Lipinski definition) is 4. The number of piperidine rings is 1. The molecule has 2 N–H and O–H groups in total. The van der Waals surface area contributed by atoms with E-state index in [0.717, 1.165) is 44.3 Å². The van der Waals surface area contributed by atoms with Crippen LogP contribution in [0.3, 0.4) is 0 Å². The first-order chi connectivity index (χ1) is 10.3. The molecule has 0 spiro atoms. The highest BCUT2D eigenvalue weighted by atomic mass is 127. The number of H-pyrrole nitrogens is 1. The van der Waals surface area contributed by atoms with Crippen molar-refractivity contribution in [1.82, 2.24) is 25.4 Å². The largest absolute Gasteiger partial charge is 0.356 e. The van der Waals surface area contributed by atoms with Crippen molar-refractivity contribution >= 4 is 41.7 Å². The fourth-order valence-corrected chi connectivity index (χ4v) is 3.17. The molecule has 0 radical (unpaired) electrons. The van der Waals surface area contributed by atoms with Crippen molar-refractivity contribution in [2.75, 3.05) is 38.7 Å². The number of aromatic amines is 1. The van der Waals surface area contributed by atoms with Crippen LogP contribution < -0.4 is 5.32 Å². The molecule has 0 saturated carbocycles. The molecule has 126 valence electrons. The van der Waals surface area contributed by atoms with Crippen LogP contribution in [0.5, 0.6) is 0 Å². The minimum Gasteiger partial charge on any atom is -0.356 e. The zero-order chi connectivity index (χ0) is 14.9. The Kier molecular flexibility index (Phi) is 9.85. The number of rotatable bonds is 6. The van der Waals surface area contributed by atoms with E-state index in [1.807, 2.05) is 18.8 Å². The monoisotopic (exact) mass is 438 g/mol. The lowest BCUT2D eigenvalue weighted by Gasteiger charge is -2.33. The van der Waals surface area contributed by atoms with Gasteiger partial charge in [0.1, 0.15) is 12.2 Å². The van der Waals surface area contributed by atoms with Crippen molar-refractivity contribution in [3.63, 3.8) is 0 Å². The fourth-order valence-electron chi connectivity index (χ4n) is 2.68. The van der Waals surface area contributed by atoms with Gasteiger partial charge >= 0.3 is 0 Å². The van der Waals surface area contributed by atoms with Crippen molar-refractivity contribution in [3.8, 4) is 0 Å².